The van der Waals surface area contributed by atoms with Crippen molar-refractivity contribution in [2.75, 3.05) is 32.5 Å². The standard InChI is InChI=1S/C8H20NO3P/c1-4-9-7-8-13(10,11-5-2)12-6-3/h9H,4-8H2,1-3H3. The van der Waals surface area contributed by atoms with E-state index in [0.717, 1.165) is 6.54 Å². The summed E-state index contributed by atoms with van der Waals surface area (Å²) in [7, 11) is -2.81. The van der Waals surface area contributed by atoms with Crippen LogP contribution in [0.3, 0.4) is 0 Å². The molecule has 0 fully saturated rings. The summed E-state index contributed by atoms with van der Waals surface area (Å²) in [6.45, 7) is 8.06. The van der Waals surface area contributed by atoms with Gasteiger partial charge in [0.25, 0.3) is 0 Å². The van der Waals surface area contributed by atoms with Gasteiger partial charge in [0.15, 0.2) is 0 Å². The van der Waals surface area contributed by atoms with Crippen LogP contribution < -0.4 is 5.32 Å². The summed E-state index contributed by atoms with van der Waals surface area (Å²) in [6.07, 6.45) is 0.447. The van der Waals surface area contributed by atoms with Crippen molar-refractivity contribution in [1.82, 2.24) is 5.32 Å². The molecule has 0 aliphatic rings. The molecule has 5 heteroatoms. The Morgan fingerprint density at radius 2 is 1.69 bits per heavy atom. The fourth-order valence-corrected chi connectivity index (χ4v) is 2.50. The van der Waals surface area contributed by atoms with Crippen LogP contribution in [-0.4, -0.2) is 32.5 Å². The second-order valence-corrected chi connectivity index (χ2v) is 4.71. The summed E-state index contributed by atoms with van der Waals surface area (Å²) >= 11 is 0. The average Bonchev–Trinajstić information content (AvgIpc) is 2.05. The monoisotopic (exact) mass is 209 g/mol. The molecule has 0 heterocycles. The van der Waals surface area contributed by atoms with Crippen LogP contribution in [0.1, 0.15) is 20.8 Å². The third-order valence-electron chi connectivity index (χ3n) is 1.46. The molecule has 13 heavy (non-hydrogen) atoms. The second kappa shape index (κ2) is 7.51. The minimum Gasteiger partial charge on any atom is -0.316 e. The zero-order chi connectivity index (χ0) is 10.2. The van der Waals surface area contributed by atoms with Crippen LogP contribution >= 0.6 is 7.60 Å². The first-order chi connectivity index (χ1) is 6.18. The van der Waals surface area contributed by atoms with Gasteiger partial charge in [-0.1, -0.05) is 6.92 Å². The number of hydrogen-bond acceptors (Lipinski definition) is 4. The molecule has 0 bridgehead atoms. The first-order valence-corrected chi connectivity index (χ1v) is 6.50. The molecule has 0 radical (unpaired) electrons. The summed E-state index contributed by atoms with van der Waals surface area (Å²) in [6, 6.07) is 0. The van der Waals surface area contributed by atoms with Crippen molar-refractivity contribution in [3.05, 3.63) is 0 Å². The minimum absolute atomic E-state index is 0.434. The molecule has 0 aliphatic heterocycles. The Kier molecular flexibility index (Phi) is 7.57. The van der Waals surface area contributed by atoms with E-state index < -0.39 is 7.60 Å². The van der Waals surface area contributed by atoms with Gasteiger partial charge in [0.2, 0.25) is 0 Å². The van der Waals surface area contributed by atoms with E-state index in [2.05, 4.69) is 5.32 Å². The van der Waals surface area contributed by atoms with E-state index >= 15 is 0 Å². The molecule has 0 rings (SSSR count). The largest absolute Gasteiger partial charge is 0.331 e. The molecule has 0 aliphatic carbocycles. The van der Waals surface area contributed by atoms with Gasteiger partial charge in [0, 0.05) is 6.54 Å². The Bertz CT molecular complexity index is 153. The lowest BCUT2D eigenvalue weighted by molar-refractivity contribution is 0.220. The van der Waals surface area contributed by atoms with E-state index in [0.29, 0.717) is 25.9 Å². The molecule has 4 nitrogen and oxygen atoms in total. The molecule has 0 amide bonds. The second-order valence-electron chi connectivity index (χ2n) is 2.52. The van der Waals surface area contributed by atoms with Crippen LogP contribution in [0.5, 0.6) is 0 Å². The fourth-order valence-electron chi connectivity index (χ4n) is 0.953. The highest BCUT2D eigenvalue weighted by Crippen LogP contribution is 2.47. The van der Waals surface area contributed by atoms with Gasteiger partial charge >= 0.3 is 7.60 Å². The van der Waals surface area contributed by atoms with Gasteiger partial charge in [0.05, 0.1) is 19.4 Å². The predicted octanol–water partition coefficient (Wildman–Crippen LogP) is 1.86. The van der Waals surface area contributed by atoms with E-state index in [4.69, 9.17) is 9.05 Å². The van der Waals surface area contributed by atoms with Crippen molar-refractivity contribution in [2.24, 2.45) is 0 Å². The Balaban J connectivity index is 3.85. The summed E-state index contributed by atoms with van der Waals surface area (Å²) in [5.74, 6) is 0. The van der Waals surface area contributed by atoms with Crippen molar-refractivity contribution in [2.45, 2.75) is 20.8 Å². The van der Waals surface area contributed by atoms with Gasteiger partial charge < -0.3 is 14.4 Å². The lowest BCUT2D eigenvalue weighted by Crippen LogP contribution is -2.18. The van der Waals surface area contributed by atoms with Crippen molar-refractivity contribution in [3.8, 4) is 0 Å². The topological polar surface area (TPSA) is 47.6 Å². The Morgan fingerprint density at radius 3 is 2.08 bits per heavy atom. The number of nitrogens with one attached hydrogen (secondary N) is 1. The van der Waals surface area contributed by atoms with Gasteiger partial charge in [-0.25, -0.2) is 0 Å². The molecular weight excluding hydrogens is 189 g/mol. The summed E-state index contributed by atoms with van der Waals surface area (Å²) in [5, 5.41) is 3.09. The van der Waals surface area contributed by atoms with Crippen molar-refractivity contribution < 1.29 is 13.6 Å². The Labute approximate surface area is 80.5 Å². The molecule has 80 valence electrons. The zero-order valence-electron chi connectivity index (χ0n) is 8.71. The molecule has 0 unspecified atom stereocenters. The summed E-state index contributed by atoms with van der Waals surface area (Å²) in [4.78, 5) is 0. The van der Waals surface area contributed by atoms with Crippen molar-refractivity contribution >= 4 is 7.60 Å². The predicted molar refractivity (Wildman–Crippen MR) is 54.3 cm³/mol. The molecule has 0 saturated heterocycles. The fraction of sp³-hybridized carbons (Fsp3) is 1.00. The first kappa shape index (κ1) is 13.1. The molecule has 0 spiro atoms. The van der Waals surface area contributed by atoms with Gasteiger partial charge in [-0.15, -0.1) is 0 Å². The molecule has 0 saturated carbocycles. The lowest BCUT2D eigenvalue weighted by atomic mass is 10.7. The van der Waals surface area contributed by atoms with Gasteiger partial charge in [-0.3, -0.25) is 4.57 Å². The molecular formula is C8H20NO3P. The molecule has 0 aromatic heterocycles. The van der Waals surface area contributed by atoms with Gasteiger partial charge in [-0.05, 0) is 20.4 Å². The van der Waals surface area contributed by atoms with Gasteiger partial charge in [-0.2, -0.15) is 0 Å². The Hall–Kier alpha value is 0.110. The van der Waals surface area contributed by atoms with E-state index in [-0.39, 0.29) is 0 Å². The maximum absolute atomic E-state index is 11.8. The van der Waals surface area contributed by atoms with Crippen LogP contribution in [0.2, 0.25) is 0 Å². The minimum atomic E-state index is -2.81. The highest BCUT2D eigenvalue weighted by Gasteiger charge is 2.22. The number of rotatable bonds is 8. The normalized spacial score (nSPS) is 11.9. The molecule has 0 atom stereocenters. The third-order valence-corrected chi connectivity index (χ3v) is 3.54. The smallest absolute Gasteiger partial charge is 0.316 e. The maximum Gasteiger partial charge on any atom is 0.331 e. The average molecular weight is 209 g/mol. The zero-order valence-corrected chi connectivity index (χ0v) is 9.60. The van der Waals surface area contributed by atoms with Crippen LogP contribution in [0.15, 0.2) is 0 Å². The van der Waals surface area contributed by atoms with Crippen LogP contribution in [-0.2, 0) is 13.6 Å². The van der Waals surface area contributed by atoms with Gasteiger partial charge in [0.1, 0.15) is 0 Å². The Morgan fingerprint density at radius 1 is 1.15 bits per heavy atom. The summed E-state index contributed by atoms with van der Waals surface area (Å²) < 4.78 is 22.0. The quantitative estimate of drug-likeness (QED) is 0.489. The van der Waals surface area contributed by atoms with Crippen LogP contribution in [0.25, 0.3) is 0 Å². The number of hydrogen-bond donors (Lipinski definition) is 1. The maximum atomic E-state index is 11.8. The lowest BCUT2D eigenvalue weighted by Gasteiger charge is -2.16. The van der Waals surface area contributed by atoms with Crippen molar-refractivity contribution in [1.29, 1.82) is 0 Å². The van der Waals surface area contributed by atoms with E-state index in [1.807, 2.05) is 20.8 Å². The van der Waals surface area contributed by atoms with E-state index in [9.17, 15) is 4.57 Å². The summed E-state index contributed by atoms with van der Waals surface area (Å²) in [5.41, 5.74) is 0. The van der Waals surface area contributed by atoms with E-state index in [1.165, 1.54) is 0 Å². The third kappa shape index (κ3) is 6.22. The molecule has 1 N–H and O–H groups in total. The van der Waals surface area contributed by atoms with E-state index in [1.54, 1.807) is 0 Å². The molecule has 0 aromatic rings. The van der Waals surface area contributed by atoms with Crippen LogP contribution in [0, 0.1) is 0 Å². The first-order valence-electron chi connectivity index (χ1n) is 4.77. The van der Waals surface area contributed by atoms with Crippen molar-refractivity contribution in [3.63, 3.8) is 0 Å². The molecule has 0 aromatic carbocycles. The van der Waals surface area contributed by atoms with Crippen LogP contribution in [0.4, 0.5) is 0 Å². The SMILES string of the molecule is CCNCCP(=O)(OCC)OCC. The highest BCUT2D eigenvalue weighted by molar-refractivity contribution is 7.53. The highest BCUT2D eigenvalue weighted by atomic mass is 31.2.